The maximum absolute atomic E-state index is 6.11. The van der Waals surface area contributed by atoms with Gasteiger partial charge >= 0.3 is 0 Å². The molecule has 2 heterocycles. The third kappa shape index (κ3) is 3.50. The lowest BCUT2D eigenvalue weighted by Crippen LogP contribution is -2.55. The van der Waals surface area contributed by atoms with Crippen LogP contribution in [0.1, 0.15) is 20.8 Å². The molecule has 2 aliphatic rings. The Morgan fingerprint density at radius 1 is 1.14 bits per heavy atom. The van der Waals surface area contributed by atoms with Gasteiger partial charge in [-0.15, -0.1) is 0 Å². The summed E-state index contributed by atoms with van der Waals surface area (Å²) in [6, 6.07) is 8.20. The first kappa shape index (κ1) is 14.7. The quantitative estimate of drug-likeness (QED) is 0.904. The van der Waals surface area contributed by atoms with Gasteiger partial charge in [0.1, 0.15) is 11.9 Å². The first-order valence-corrected chi connectivity index (χ1v) is 7.99. The number of para-hydroxylation sites is 2. The molecule has 4 heteroatoms. The third-order valence-corrected chi connectivity index (χ3v) is 4.48. The first-order valence-electron chi connectivity index (χ1n) is 7.99. The number of hydrogen-bond donors (Lipinski definition) is 1. The van der Waals surface area contributed by atoms with E-state index in [1.165, 1.54) is 0 Å². The highest BCUT2D eigenvalue weighted by Gasteiger charge is 2.28. The van der Waals surface area contributed by atoms with Crippen molar-refractivity contribution in [1.82, 2.24) is 9.80 Å². The second-order valence-electron chi connectivity index (χ2n) is 7.08. The molecule has 1 aromatic rings. The molecule has 0 amide bonds. The summed E-state index contributed by atoms with van der Waals surface area (Å²) in [5.74, 6) is 0.988. The van der Waals surface area contributed by atoms with E-state index in [4.69, 9.17) is 4.74 Å². The molecular weight excluding hydrogens is 262 g/mol. The van der Waals surface area contributed by atoms with E-state index in [9.17, 15) is 0 Å². The van der Waals surface area contributed by atoms with Crippen molar-refractivity contribution in [2.45, 2.75) is 32.4 Å². The van der Waals surface area contributed by atoms with Crippen molar-refractivity contribution in [1.29, 1.82) is 0 Å². The van der Waals surface area contributed by atoms with Gasteiger partial charge in [-0.2, -0.15) is 0 Å². The number of ether oxygens (including phenoxy) is 1. The SMILES string of the molecule is CC(C)(C)N1CCN(CC2CNc3ccccc3O2)CC1. The van der Waals surface area contributed by atoms with Crippen LogP contribution in [0.5, 0.6) is 5.75 Å². The molecular formula is C17H27N3O. The van der Waals surface area contributed by atoms with Crippen molar-refractivity contribution in [3.63, 3.8) is 0 Å². The predicted molar refractivity (Wildman–Crippen MR) is 87.1 cm³/mol. The average molecular weight is 289 g/mol. The summed E-state index contributed by atoms with van der Waals surface area (Å²) >= 11 is 0. The fourth-order valence-corrected chi connectivity index (χ4v) is 3.15. The van der Waals surface area contributed by atoms with Gasteiger partial charge in [0.15, 0.2) is 0 Å². The van der Waals surface area contributed by atoms with Crippen molar-refractivity contribution < 1.29 is 4.74 Å². The molecule has 0 radical (unpaired) electrons. The fourth-order valence-electron chi connectivity index (χ4n) is 3.15. The van der Waals surface area contributed by atoms with E-state index in [-0.39, 0.29) is 11.6 Å². The molecule has 0 aliphatic carbocycles. The zero-order valence-corrected chi connectivity index (χ0v) is 13.4. The molecule has 1 unspecified atom stereocenters. The Labute approximate surface area is 128 Å². The van der Waals surface area contributed by atoms with Crippen molar-refractivity contribution >= 4 is 5.69 Å². The monoisotopic (exact) mass is 289 g/mol. The molecule has 3 rings (SSSR count). The van der Waals surface area contributed by atoms with Crippen LogP contribution in [-0.2, 0) is 0 Å². The van der Waals surface area contributed by atoms with Crippen molar-refractivity contribution in [3.8, 4) is 5.75 Å². The van der Waals surface area contributed by atoms with E-state index in [0.717, 1.165) is 50.7 Å². The predicted octanol–water partition coefficient (Wildman–Crippen LogP) is 2.28. The molecule has 0 bridgehead atoms. The van der Waals surface area contributed by atoms with Crippen LogP contribution in [0.2, 0.25) is 0 Å². The standard InChI is InChI=1S/C17H27N3O/c1-17(2,3)20-10-8-19(9-11-20)13-14-12-18-15-6-4-5-7-16(15)21-14/h4-7,14,18H,8-13H2,1-3H3. The lowest BCUT2D eigenvalue weighted by atomic mass is 10.0. The highest BCUT2D eigenvalue weighted by Crippen LogP contribution is 2.28. The largest absolute Gasteiger partial charge is 0.485 e. The average Bonchev–Trinajstić information content (AvgIpc) is 2.47. The normalized spacial score (nSPS) is 24.0. The topological polar surface area (TPSA) is 27.7 Å². The second kappa shape index (κ2) is 5.85. The fraction of sp³-hybridized carbons (Fsp3) is 0.647. The van der Waals surface area contributed by atoms with Crippen LogP contribution in [0.15, 0.2) is 24.3 Å². The molecule has 0 aromatic heterocycles. The third-order valence-electron chi connectivity index (χ3n) is 4.48. The molecule has 0 saturated carbocycles. The minimum absolute atomic E-state index is 0.251. The summed E-state index contributed by atoms with van der Waals surface area (Å²) in [6.07, 6.45) is 0.251. The minimum Gasteiger partial charge on any atom is -0.485 e. The summed E-state index contributed by atoms with van der Waals surface area (Å²) < 4.78 is 6.11. The summed E-state index contributed by atoms with van der Waals surface area (Å²) in [5.41, 5.74) is 1.40. The molecule has 4 nitrogen and oxygen atoms in total. The highest BCUT2D eigenvalue weighted by atomic mass is 16.5. The Hall–Kier alpha value is -1.26. The van der Waals surface area contributed by atoms with Crippen molar-refractivity contribution in [2.75, 3.05) is 44.6 Å². The van der Waals surface area contributed by atoms with E-state index in [2.05, 4.69) is 42.0 Å². The Balaban J connectivity index is 1.51. The van der Waals surface area contributed by atoms with Gasteiger partial charge in [-0.1, -0.05) is 12.1 Å². The maximum atomic E-state index is 6.11. The van der Waals surface area contributed by atoms with Gasteiger partial charge in [-0.3, -0.25) is 9.80 Å². The molecule has 21 heavy (non-hydrogen) atoms. The molecule has 116 valence electrons. The van der Waals surface area contributed by atoms with Crippen LogP contribution in [-0.4, -0.2) is 60.7 Å². The number of nitrogens with one attached hydrogen (secondary N) is 1. The van der Waals surface area contributed by atoms with E-state index in [0.29, 0.717) is 0 Å². The van der Waals surface area contributed by atoms with Gasteiger partial charge in [0.25, 0.3) is 0 Å². The number of piperazine rings is 1. The smallest absolute Gasteiger partial charge is 0.142 e. The van der Waals surface area contributed by atoms with Gasteiger partial charge in [0.2, 0.25) is 0 Å². The molecule has 0 spiro atoms. The first-order chi connectivity index (χ1) is 10.0. The van der Waals surface area contributed by atoms with Crippen LogP contribution >= 0.6 is 0 Å². The summed E-state index contributed by atoms with van der Waals surface area (Å²) in [5, 5.41) is 3.47. The van der Waals surface area contributed by atoms with Crippen LogP contribution in [0, 0.1) is 0 Å². The van der Waals surface area contributed by atoms with Crippen molar-refractivity contribution in [2.24, 2.45) is 0 Å². The Morgan fingerprint density at radius 2 is 1.86 bits per heavy atom. The number of rotatable bonds is 2. The molecule has 2 aliphatic heterocycles. The molecule has 1 saturated heterocycles. The number of hydrogen-bond acceptors (Lipinski definition) is 4. The van der Waals surface area contributed by atoms with E-state index in [1.54, 1.807) is 0 Å². The van der Waals surface area contributed by atoms with Gasteiger partial charge < -0.3 is 10.1 Å². The zero-order valence-electron chi connectivity index (χ0n) is 13.4. The summed E-state index contributed by atoms with van der Waals surface area (Å²) in [6.45, 7) is 13.4. The summed E-state index contributed by atoms with van der Waals surface area (Å²) in [4.78, 5) is 5.10. The Kier molecular flexibility index (Phi) is 4.09. The van der Waals surface area contributed by atoms with Gasteiger partial charge in [-0.05, 0) is 32.9 Å². The second-order valence-corrected chi connectivity index (χ2v) is 7.08. The Morgan fingerprint density at radius 3 is 2.57 bits per heavy atom. The lowest BCUT2D eigenvalue weighted by molar-refractivity contribution is 0.0431. The van der Waals surface area contributed by atoms with Gasteiger partial charge in [0, 0.05) is 38.3 Å². The Bertz CT molecular complexity index is 475. The highest BCUT2D eigenvalue weighted by molar-refractivity contribution is 5.57. The van der Waals surface area contributed by atoms with Crippen molar-refractivity contribution in [3.05, 3.63) is 24.3 Å². The zero-order chi connectivity index (χ0) is 14.9. The number of benzene rings is 1. The number of nitrogens with zero attached hydrogens (tertiary/aromatic N) is 2. The van der Waals surface area contributed by atoms with Gasteiger partial charge in [0.05, 0.1) is 12.2 Å². The van der Waals surface area contributed by atoms with Crippen LogP contribution in [0.25, 0.3) is 0 Å². The van der Waals surface area contributed by atoms with Crippen LogP contribution < -0.4 is 10.1 Å². The van der Waals surface area contributed by atoms with E-state index in [1.807, 2.05) is 18.2 Å². The molecule has 1 fully saturated rings. The molecule has 1 N–H and O–H groups in total. The molecule has 1 atom stereocenters. The van der Waals surface area contributed by atoms with Crippen LogP contribution in [0.4, 0.5) is 5.69 Å². The maximum Gasteiger partial charge on any atom is 0.142 e. The van der Waals surface area contributed by atoms with Crippen LogP contribution in [0.3, 0.4) is 0 Å². The molecule has 1 aromatic carbocycles. The van der Waals surface area contributed by atoms with E-state index >= 15 is 0 Å². The van der Waals surface area contributed by atoms with Gasteiger partial charge in [-0.25, -0.2) is 0 Å². The lowest BCUT2D eigenvalue weighted by Gasteiger charge is -2.43. The van der Waals surface area contributed by atoms with E-state index < -0.39 is 0 Å². The number of anilines is 1. The minimum atomic E-state index is 0.251. The summed E-state index contributed by atoms with van der Waals surface area (Å²) in [7, 11) is 0. The number of fused-ring (bicyclic) bond motifs is 1.